The van der Waals surface area contributed by atoms with E-state index in [-0.39, 0.29) is 0 Å². The third kappa shape index (κ3) is 6.74. The smallest absolute Gasteiger partial charge is 0.0249 e. The van der Waals surface area contributed by atoms with Gasteiger partial charge in [0.15, 0.2) is 0 Å². The zero-order valence-electron chi connectivity index (χ0n) is 14.6. The van der Waals surface area contributed by atoms with E-state index in [2.05, 4.69) is 74.2 Å². The predicted molar refractivity (Wildman–Crippen MR) is 101 cm³/mol. The van der Waals surface area contributed by atoms with E-state index in [1.54, 1.807) is 0 Å². The molecule has 0 saturated carbocycles. The molecular weight excluding hydrogens is 276 g/mol. The first kappa shape index (κ1) is 17.4. The quantitative estimate of drug-likeness (QED) is 0.416. The fourth-order valence-corrected chi connectivity index (χ4v) is 2.65. The number of hydrogen-bond acceptors (Lipinski definition) is 0. The van der Waals surface area contributed by atoms with Crippen molar-refractivity contribution in [2.24, 2.45) is 0 Å². The van der Waals surface area contributed by atoms with Gasteiger partial charge in [-0.25, -0.2) is 0 Å². The molecule has 0 aliphatic heterocycles. The van der Waals surface area contributed by atoms with Crippen LogP contribution in [-0.4, -0.2) is 0 Å². The van der Waals surface area contributed by atoms with Gasteiger partial charge in [-0.1, -0.05) is 80.7 Å². The summed E-state index contributed by atoms with van der Waals surface area (Å²) in [5, 5.41) is 0. The monoisotopic (exact) mass is 304 g/mol. The Balaban J connectivity index is 1.79. The lowest BCUT2D eigenvalue weighted by Gasteiger charge is -2.02. The maximum Gasteiger partial charge on any atom is 0.0249 e. The van der Waals surface area contributed by atoms with E-state index in [1.807, 2.05) is 0 Å². The first-order valence-electron chi connectivity index (χ1n) is 8.95. The van der Waals surface area contributed by atoms with Gasteiger partial charge in [0.1, 0.15) is 0 Å². The molecule has 0 bridgehead atoms. The minimum Gasteiger partial charge on any atom is -0.0654 e. The number of benzene rings is 2. The maximum absolute atomic E-state index is 3.25. The van der Waals surface area contributed by atoms with E-state index in [1.165, 1.54) is 56.1 Å². The summed E-state index contributed by atoms with van der Waals surface area (Å²) < 4.78 is 0. The third-order valence-corrected chi connectivity index (χ3v) is 4.18. The Hall–Kier alpha value is -2.00. The summed E-state index contributed by atoms with van der Waals surface area (Å²) in [6.45, 7) is 4.36. The molecule has 0 heterocycles. The number of rotatable bonds is 7. The molecule has 0 aliphatic carbocycles. The Bertz CT molecular complexity index is 620. The van der Waals surface area contributed by atoms with Crippen molar-refractivity contribution in [1.82, 2.24) is 0 Å². The van der Waals surface area contributed by atoms with Crippen molar-refractivity contribution >= 4 is 0 Å². The van der Waals surface area contributed by atoms with Crippen LogP contribution in [0.4, 0.5) is 0 Å². The van der Waals surface area contributed by atoms with Gasteiger partial charge in [0, 0.05) is 11.1 Å². The van der Waals surface area contributed by atoms with Crippen LogP contribution in [0.5, 0.6) is 0 Å². The SMILES string of the molecule is CCCCCCCCc1ccc(C#Cc2ccc(C)cc2)cc1. The van der Waals surface area contributed by atoms with E-state index in [0.29, 0.717) is 0 Å². The van der Waals surface area contributed by atoms with E-state index >= 15 is 0 Å². The Morgan fingerprint density at radius 1 is 0.652 bits per heavy atom. The molecule has 0 unspecified atom stereocenters. The van der Waals surface area contributed by atoms with Gasteiger partial charge in [0.25, 0.3) is 0 Å². The molecule has 0 aliphatic rings. The van der Waals surface area contributed by atoms with Gasteiger partial charge < -0.3 is 0 Å². The normalized spacial score (nSPS) is 10.2. The molecule has 2 rings (SSSR count). The molecular formula is C23H28. The highest BCUT2D eigenvalue weighted by Crippen LogP contribution is 2.11. The van der Waals surface area contributed by atoms with Crippen LogP contribution in [0, 0.1) is 18.8 Å². The lowest BCUT2D eigenvalue weighted by Crippen LogP contribution is -1.87. The van der Waals surface area contributed by atoms with Crippen LogP contribution in [0.15, 0.2) is 48.5 Å². The fraction of sp³-hybridized carbons (Fsp3) is 0.391. The van der Waals surface area contributed by atoms with Gasteiger partial charge in [0.2, 0.25) is 0 Å². The third-order valence-electron chi connectivity index (χ3n) is 4.18. The van der Waals surface area contributed by atoms with Crippen LogP contribution >= 0.6 is 0 Å². The van der Waals surface area contributed by atoms with E-state index in [4.69, 9.17) is 0 Å². The number of unbranched alkanes of at least 4 members (excludes halogenated alkanes) is 5. The van der Waals surface area contributed by atoms with Crippen LogP contribution in [0.2, 0.25) is 0 Å². The summed E-state index contributed by atoms with van der Waals surface area (Å²) in [5.74, 6) is 6.48. The first-order valence-corrected chi connectivity index (χ1v) is 8.95. The van der Waals surface area contributed by atoms with Crippen molar-refractivity contribution < 1.29 is 0 Å². The second kappa shape index (κ2) is 9.90. The molecule has 0 spiro atoms. The highest BCUT2D eigenvalue weighted by Gasteiger charge is 1.95. The zero-order valence-corrected chi connectivity index (χ0v) is 14.6. The summed E-state index contributed by atoms with van der Waals surface area (Å²) in [6.07, 6.45) is 9.34. The zero-order chi connectivity index (χ0) is 16.3. The minimum absolute atomic E-state index is 1.08. The van der Waals surface area contributed by atoms with Crippen molar-refractivity contribution in [2.75, 3.05) is 0 Å². The fourth-order valence-electron chi connectivity index (χ4n) is 2.65. The van der Waals surface area contributed by atoms with Crippen molar-refractivity contribution in [3.63, 3.8) is 0 Å². The van der Waals surface area contributed by atoms with E-state index < -0.39 is 0 Å². The molecule has 0 atom stereocenters. The largest absolute Gasteiger partial charge is 0.0654 e. The molecule has 0 N–H and O–H groups in total. The van der Waals surface area contributed by atoms with Gasteiger partial charge in [0.05, 0.1) is 0 Å². The maximum atomic E-state index is 3.25. The topological polar surface area (TPSA) is 0 Å². The van der Waals surface area contributed by atoms with Gasteiger partial charge in [-0.15, -0.1) is 0 Å². The lowest BCUT2D eigenvalue weighted by atomic mass is 10.0. The second-order valence-corrected chi connectivity index (χ2v) is 6.33. The van der Waals surface area contributed by atoms with E-state index in [9.17, 15) is 0 Å². The second-order valence-electron chi connectivity index (χ2n) is 6.33. The van der Waals surface area contributed by atoms with Crippen molar-refractivity contribution in [1.29, 1.82) is 0 Å². The highest BCUT2D eigenvalue weighted by molar-refractivity contribution is 5.43. The van der Waals surface area contributed by atoms with E-state index in [0.717, 1.165) is 11.1 Å². The summed E-state index contributed by atoms with van der Waals surface area (Å²) in [5.41, 5.74) is 4.88. The first-order chi connectivity index (χ1) is 11.3. The lowest BCUT2D eigenvalue weighted by molar-refractivity contribution is 0.607. The Morgan fingerprint density at radius 3 is 1.78 bits per heavy atom. The molecule has 0 fully saturated rings. The van der Waals surface area contributed by atoms with Crippen LogP contribution in [0.1, 0.15) is 67.7 Å². The van der Waals surface area contributed by atoms with Gasteiger partial charge >= 0.3 is 0 Å². The van der Waals surface area contributed by atoms with Crippen LogP contribution in [0.25, 0.3) is 0 Å². The Labute approximate surface area is 142 Å². The molecule has 0 saturated heterocycles. The summed E-state index contributed by atoms with van der Waals surface area (Å²) in [4.78, 5) is 0. The van der Waals surface area contributed by atoms with Crippen molar-refractivity contribution in [2.45, 2.75) is 58.8 Å². The molecule has 0 nitrogen and oxygen atoms in total. The van der Waals surface area contributed by atoms with Crippen LogP contribution in [0.3, 0.4) is 0 Å². The molecule has 0 radical (unpaired) electrons. The summed E-state index contributed by atoms with van der Waals surface area (Å²) >= 11 is 0. The molecule has 0 amide bonds. The minimum atomic E-state index is 1.08. The van der Waals surface area contributed by atoms with Crippen molar-refractivity contribution in [3.05, 3.63) is 70.8 Å². The molecule has 120 valence electrons. The van der Waals surface area contributed by atoms with Gasteiger partial charge in [-0.3, -0.25) is 0 Å². The average molecular weight is 304 g/mol. The number of aryl methyl sites for hydroxylation is 2. The average Bonchev–Trinajstić information content (AvgIpc) is 2.58. The summed E-state index contributed by atoms with van der Waals surface area (Å²) in [6, 6.07) is 17.1. The van der Waals surface area contributed by atoms with Gasteiger partial charge in [-0.2, -0.15) is 0 Å². The summed E-state index contributed by atoms with van der Waals surface area (Å²) in [7, 11) is 0. The molecule has 23 heavy (non-hydrogen) atoms. The Kier molecular flexibility index (Phi) is 7.47. The molecule has 2 aromatic carbocycles. The highest BCUT2D eigenvalue weighted by atomic mass is 14.0. The molecule has 0 aromatic heterocycles. The van der Waals surface area contributed by atoms with Crippen molar-refractivity contribution in [3.8, 4) is 11.8 Å². The molecule has 2 aromatic rings. The predicted octanol–water partition coefficient (Wildman–Crippen LogP) is 6.30. The van der Waals surface area contributed by atoms with Crippen LogP contribution in [-0.2, 0) is 6.42 Å². The van der Waals surface area contributed by atoms with Gasteiger partial charge in [-0.05, 0) is 49.6 Å². The van der Waals surface area contributed by atoms with Crippen LogP contribution < -0.4 is 0 Å². The molecule has 0 heteroatoms. The number of hydrogen-bond donors (Lipinski definition) is 0. The Morgan fingerprint density at radius 2 is 1.17 bits per heavy atom. The standard InChI is InChI=1S/C23H28/c1-3-4-5-6-7-8-9-21-14-16-23(17-15-21)19-18-22-12-10-20(2)11-13-22/h10-17H,3-9H2,1-2H3.